The zero-order valence-corrected chi connectivity index (χ0v) is 13.7. The van der Waals surface area contributed by atoms with Gasteiger partial charge < -0.3 is 19.9 Å². The molecular formula is C13H24N2O6S. The highest BCUT2D eigenvalue weighted by Gasteiger charge is 2.50. The van der Waals surface area contributed by atoms with Crippen LogP contribution in [0.2, 0.25) is 0 Å². The minimum Gasteiger partial charge on any atom is -0.477 e. The Morgan fingerprint density at radius 2 is 2.27 bits per heavy atom. The summed E-state index contributed by atoms with van der Waals surface area (Å²) in [6.45, 7) is 3.63. The van der Waals surface area contributed by atoms with Crippen molar-refractivity contribution in [3.05, 3.63) is 0 Å². The van der Waals surface area contributed by atoms with Crippen molar-refractivity contribution in [2.45, 2.75) is 44.6 Å². The Balaban J connectivity index is 2.63. The summed E-state index contributed by atoms with van der Waals surface area (Å²) in [6, 6.07) is -0.505. The molecule has 0 aliphatic carbocycles. The van der Waals surface area contributed by atoms with Crippen molar-refractivity contribution < 1.29 is 29.0 Å². The fourth-order valence-electron chi connectivity index (χ4n) is 2.19. The molecule has 128 valence electrons. The number of carboxylic acid groups (broad SMARTS) is 1. The lowest BCUT2D eigenvalue weighted by molar-refractivity contribution is -0.278. The zero-order chi connectivity index (χ0) is 16.6. The molecule has 0 saturated carbocycles. The van der Waals surface area contributed by atoms with Crippen LogP contribution in [0.4, 0.5) is 0 Å². The first-order chi connectivity index (χ1) is 10.4. The van der Waals surface area contributed by atoms with E-state index in [2.05, 4.69) is 12.2 Å². The van der Waals surface area contributed by atoms with Crippen LogP contribution in [0.3, 0.4) is 0 Å². The van der Waals surface area contributed by atoms with Crippen molar-refractivity contribution in [1.82, 2.24) is 5.32 Å². The maximum Gasteiger partial charge on any atom is 0.364 e. The number of thioether (sulfide) groups is 1. The van der Waals surface area contributed by atoms with Gasteiger partial charge in [-0.3, -0.25) is 9.63 Å². The fraction of sp³-hybridized carbons (Fsp3) is 0.846. The fourth-order valence-corrected chi connectivity index (χ4v) is 2.80. The molecule has 0 aromatic rings. The summed E-state index contributed by atoms with van der Waals surface area (Å²) in [6.07, 6.45) is -0.0658. The average Bonchev–Trinajstić information content (AvgIpc) is 2.47. The predicted octanol–water partition coefficient (Wildman–Crippen LogP) is 0.111. The molecule has 4 N–H and O–H groups in total. The smallest absolute Gasteiger partial charge is 0.364 e. The van der Waals surface area contributed by atoms with Crippen molar-refractivity contribution in [3.63, 3.8) is 0 Å². The maximum atomic E-state index is 11.5. The van der Waals surface area contributed by atoms with Crippen molar-refractivity contribution in [2.24, 2.45) is 5.90 Å². The number of hydrogen-bond acceptors (Lipinski definition) is 7. The van der Waals surface area contributed by atoms with Crippen LogP contribution in [-0.4, -0.2) is 59.6 Å². The van der Waals surface area contributed by atoms with Crippen molar-refractivity contribution in [2.75, 3.05) is 24.7 Å². The number of amides is 1. The Morgan fingerprint density at radius 3 is 2.82 bits per heavy atom. The van der Waals surface area contributed by atoms with Gasteiger partial charge in [0.25, 0.3) is 5.79 Å². The lowest BCUT2D eigenvalue weighted by Gasteiger charge is -2.40. The number of nitrogens with one attached hydrogen (secondary N) is 1. The van der Waals surface area contributed by atoms with Gasteiger partial charge in [-0.2, -0.15) is 11.8 Å². The normalized spacial score (nSPS) is 28.3. The Bertz CT molecular complexity index is 384. The molecule has 1 aliphatic rings. The molecule has 0 spiro atoms. The van der Waals surface area contributed by atoms with Gasteiger partial charge in [0.05, 0.1) is 19.3 Å². The van der Waals surface area contributed by atoms with Crippen LogP contribution < -0.4 is 11.2 Å². The van der Waals surface area contributed by atoms with E-state index in [-0.39, 0.29) is 25.5 Å². The van der Waals surface area contributed by atoms with Gasteiger partial charge in [0.15, 0.2) is 0 Å². The molecule has 0 aromatic carbocycles. The molecule has 0 aromatic heterocycles. The number of nitrogens with two attached hydrogens (primary N) is 1. The molecule has 1 fully saturated rings. The van der Waals surface area contributed by atoms with Crippen LogP contribution in [-0.2, 0) is 23.9 Å². The van der Waals surface area contributed by atoms with E-state index < -0.39 is 23.9 Å². The highest BCUT2D eigenvalue weighted by atomic mass is 32.2. The van der Waals surface area contributed by atoms with E-state index in [1.165, 1.54) is 6.92 Å². The van der Waals surface area contributed by atoms with Gasteiger partial charge in [-0.05, 0) is 17.9 Å². The Kier molecular flexibility index (Phi) is 8.12. The molecule has 1 amide bonds. The number of carboxylic acids is 1. The maximum absolute atomic E-state index is 11.5. The van der Waals surface area contributed by atoms with Crippen LogP contribution in [0.25, 0.3) is 0 Å². The topological polar surface area (TPSA) is 120 Å². The first-order valence-electron chi connectivity index (χ1n) is 7.17. The monoisotopic (exact) mass is 336 g/mol. The molecule has 9 heteroatoms. The van der Waals surface area contributed by atoms with E-state index >= 15 is 0 Å². The highest BCUT2D eigenvalue weighted by molar-refractivity contribution is 7.99. The summed E-state index contributed by atoms with van der Waals surface area (Å²) >= 11 is 1.75. The molecule has 0 radical (unpaired) electrons. The minimum atomic E-state index is -1.78. The van der Waals surface area contributed by atoms with E-state index in [0.29, 0.717) is 0 Å². The van der Waals surface area contributed by atoms with Crippen LogP contribution in [0.1, 0.15) is 26.7 Å². The number of rotatable bonds is 9. The average molecular weight is 336 g/mol. The van der Waals surface area contributed by atoms with Gasteiger partial charge in [-0.15, -0.1) is 0 Å². The van der Waals surface area contributed by atoms with E-state index in [1.54, 1.807) is 11.8 Å². The third-order valence-corrected chi connectivity index (χ3v) is 4.26. The number of aliphatic carboxylic acids is 1. The summed E-state index contributed by atoms with van der Waals surface area (Å²) in [5, 5.41) is 12.1. The Morgan fingerprint density at radius 1 is 1.55 bits per heavy atom. The number of carbonyl (C=O) groups excluding carboxylic acids is 1. The second-order valence-corrected chi connectivity index (χ2v) is 6.35. The molecule has 0 unspecified atom stereocenters. The molecule has 0 bridgehead atoms. The van der Waals surface area contributed by atoms with Gasteiger partial charge in [0.1, 0.15) is 6.10 Å². The van der Waals surface area contributed by atoms with E-state index in [1.807, 2.05) is 0 Å². The van der Waals surface area contributed by atoms with Gasteiger partial charge in [-0.1, -0.05) is 6.92 Å². The third-order valence-electron chi connectivity index (χ3n) is 3.28. The molecule has 1 aliphatic heterocycles. The number of carbonyl (C=O) groups is 2. The molecular weight excluding hydrogens is 312 g/mol. The first-order valence-corrected chi connectivity index (χ1v) is 8.32. The summed E-state index contributed by atoms with van der Waals surface area (Å²) < 4.78 is 10.9. The molecule has 1 rings (SSSR count). The SMILES string of the molecule is CCSCCCO[C@]1(C(=O)O)C[C@H](ON)[C@@H](NC(C)=O)CO1. The van der Waals surface area contributed by atoms with Crippen LogP contribution in [0, 0.1) is 0 Å². The van der Waals surface area contributed by atoms with Crippen molar-refractivity contribution in [3.8, 4) is 0 Å². The van der Waals surface area contributed by atoms with Gasteiger partial charge in [-0.25, -0.2) is 10.7 Å². The van der Waals surface area contributed by atoms with Gasteiger partial charge >= 0.3 is 5.97 Å². The Hall–Kier alpha value is -0.870. The van der Waals surface area contributed by atoms with Gasteiger partial charge in [0.2, 0.25) is 5.91 Å². The first kappa shape index (κ1) is 19.2. The standard InChI is InChI=1S/C13H24N2O6S/c1-3-22-6-4-5-19-13(12(17)18)7-11(21-14)10(8-20-13)15-9(2)16/h10-11H,3-8,14H2,1-2H3,(H,15,16)(H,17,18)/t10-,11-,13+/m0/s1. The molecule has 22 heavy (non-hydrogen) atoms. The Labute approximate surface area is 134 Å². The lowest BCUT2D eigenvalue weighted by Crippen LogP contribution is -2.60. The molecule has 1 saturated heterocycles. The second kappa shape index (κ2) is 9.31. The lowest BCUT2D eigenvalue weighted by atomic mass is 9.98. The van der Waals surface area contributed by atoms with E-state index in [0.717, 1.165) is 17.9 Å². The van der Waals surface area contributed by atoms with Crippen LogP contribution in [0.5, 0.6) is 0 Å². The molecule has 1 heterocycles. The quantitative estimate of drug-likeness (QED) is 0.401. The minimum absolute atomic E-state index is 0.0442. The zero-order valence-electron chi connectivity index (χ0n) is 12.9. The second-order valence-electron chi connectivity index (χ2n) is 4.95. The largest absolute Gasteiger partial charge is 0.477 e. The summed E-state index contributed by atoms with van der Waals surface area (Å²) in [5.41, 5.74) is 0. The molecule has 8 nitrogen and oxygen atoms in total. The van der Waals surface area contributed by atoms with Crippen molar-refractivity contribution >= 4 is 23.6 Å². The van der Waals surface area contributed by atoms with Gasteiger partial charge in [0, 0.05) is 13.3 Å². The highest BCUT2D eigenvalue weighted by Crippen LogP contribution is 2.29. The van der Waals surface area contributed by atoms with E-state index in [4.69, 9.17) is 20.2 Å². The van der Waals surface area contributed by atoms with Crippen molar-refractivity contribution in [1.29, 1.82) is 0 Å². The number of hydrogen-bond donors (Lipinski definition) is 3. The third kappa shape index (κ3) is 5.40. The summed E-state index contributed by atoms with van der Waals surface area (Å²) in [4.78, 5) is 27.5. The predicted molar refractivity (Wildman–Crippen MR) is 81.2 cm³/mol. The molecule has 3 atom stereocenters. The number of ether oxygens (including phenoxy) is 2. The summed E-state index contributed by atoms with van der Waals surface area (Å²) in [7, 11) is 0. The summed E-state index contributed by atoms with van der Waals surface area (Å²) in [5.74, 6) is 3.84. The van der Waals surface area contributed by atoms with E-state index in [9.17, 15) is 14.7 Å². The van der Waals surface area contributed by atoms with Crippen LogP contribution >= 0.6 is 11.8 Å². The van der Waals surface area contributed by atoms with Crippen LogP contribution in [0.15, 0.2) is 0 Å².